The van der Waals surface area contributed by atoms with Crippen molar-refractivity contribution in [3.63, 3.8) is 0 Å². The molecule has 0 saturated carbocycles. The van der Waals surface area contributed by atoms with Gasteiger partial charge in [-0.15, -0.1) is 24.0 Å². The largest absolute Gasteiger partial charge is 0.450 e. The highest BCUT2D eigenvalue weighted by atomic mass is 127. The zero-order valence-corrected chi connectivity index (χ0v) is 15.9. The lowest BCUT2D eigenvalue weighted by Crippen LogP contribution is -2.54. The molecule has 1 rings (SSSR count). The molecule has 0 bridgehead atoms. The maximum atomic E-state index is 11.6. The van der Waals surface area contributed by atoms with E-state index in [2.05, 4.69) is 29.1 Å². The first-order valence-electron chi connectivity index (χ1n) is 7.45. The summed E-state index contributed by atoms with van der Waals surface area (Å²) in [5.41, 5.74) is 0. The molecular weight excluding hydrogens is 383 g/mol. The van der Waals surface area contributed by atoms with Gasteiger partial charge in [0.25, 0.3) is 0 Å². The molecule has 0 aromatic rings. The molecule has 1 N–H and O–H groups in total. The van der Waals surface area contributed by atoms with Gasteiger partial charge in [0.05, 0.1) is 6.61 Å². The Labute approximate surface area is 145 Å². The highest BCUT2D eigenvalue weighted by molar-refractivity contribution is 14.0. The molecule has 1 amide bonds. The number of piperazine rings is 1. The summed E-state index contributed by atoms with van der Waals surface area (Å²) in [5, 5.41) is 3.38. The summed E-state index contributed by atoms with van der Waals surface area (Å²) in [6, 6.07) is 0. The van der Waals surface area contributed by atoms with Gasteiger partial charge in [-0.2, -0.15) is 0 Å². The number of amides is 1. The molecule has 1 aliphatic heterocycles. The summed E-state index contributed by atoms with van der Waals surface area (Å²) in [4.78, 5) is 19.9. The van der Waals surface area contributed by atoms with Crippen molar-refractivity contribution < 1.29 is 9.53 Å². The Hall–Kier alpha value is -0.730. The number of aliphatic imine (C=N–C) groups is 1. The van der Waals surface area contributed by atoms with Crippen LogP contribution in [0.1, 0.15) is 27.2 Å². The van der Waals surface area contributed by atoms with E-state index < -0.39 is 0 Å². The van der Waals surface area contributed by atoms with Crippen molar-refractivity contribution in [3.8, 4) is 0 Å². The van der Waals surface area contributed by atoms with Crippen LogP contribution in [0.2, 0.25) is 0 Å². The van der Waals surface area contributed by atoms with Gasteiger partial charge < -0.3 is 19.9 Å². The number of hydrogen-bond donors (Lipinski definition) is 1. The minimum Gasteiger partial charge on any atom is -0.450 e. The second-order valence-electron chi connectivity index (χ2n) is 5.33. The van der Waals surface area contributed by atoms with E-state index in [1.165, 1.54) is 0 Å². The third-order valence-corrected chi connectivity index (χ3v) is 3.32. The standard InChI is InChI=1S/C14H28N4O2.HI/c1-5-20-14(19)18-10-8-17(9-11-18)13(15-4)16-7-6-12(2)3;/h12H,5-11H2,1-4H3,(H,15,16);1H. The summed E-state index contributed by atoms with van der Waals surface area (Å²) in [6.07, 6.45) is 0.914. The molecule has 21 heavy (non-hydrogen) atoms. The maximum absolute atomic E-state index is 11.6. The van der Waals surface area contributed by atoms with E-state index in [1.54, 1.807) is 11.9 Å². The monoisotopic (exact) mass is 412 g/mol. The van der Waals surface area contributed by atoms with Crippen molar-refractivity contribution in [1.82, 2.24) is 15.1 Å². The molecule has 0 spiro atoms. The third-order valence-electron chi connectivity index (χ3n) is 3.32. The normalized spacial score (nSPS) is 15.8. The molecule has 1 aliphatic rings. The Morgan fingerprint density at radius 1 is 1.24 bits per heavy atom. The predicted molar refractivity (Wildman–Crippen MR) is 96.4 cm³/mol. The highest BCUT2D eigenvalue weighted by Crippen LogP contribution is 2.05. The van der Waals surface area contributed by atoms with Gasteiger partial charge in [-0.05, 0) is 19.3 Å². The van der Waals surface area contributed by atoms with Crippen LogP contribution in [0.4, 0.5) is 4.79 Å². The minimum atomic E-state index is -0.213. The van der Waals surface area contributed by atoms with Crippen molar-refractivity contribution in [2.45, 2.75) is 27.2 Å². The number of halogens is 1. The number of carbonyl (C=O) groups is 1. The lowest BCUT2D eigenvalue weighted by molar-refractivity contribution is 0.0914. The molecule has 1 heterocycles. The summed E-state index contributed by atoms with van der Waals surface area (Å²) in [5.74, 6) is 1.61. The molecular formula is C14H29IN4O2. The molecule has 0 aromatic carbocycles. The Bertz CT molecular complexity index is 329. The predicted octanol–water partition coefficient (Wildman–Crippen LogP) is 2.00. The Balaban J connectivity index is 0.00000400. The third kappa shape index (κ3) is 7.19. The molecule has 1 fully saturated rings. The molecule has 124 valence electrons. The molecule has 1 saturated heterocycles. The van der Waals surface area contributed by atoms with Crippen LogP contribution in [-0.2, 0) is 4.74 Å². The molecule has 0 unspecified atom stereocenters. The van der Waals surface area contributed by atoms with E-state index in [0.717, 1.165) is 32.0 Å². The fourth-order valence-corrected chi connectivity index (χ4v) is 2.12. The minimum absolute atomic E-state index is 0. The summed E-state index contributed by atoms with van der Waals surface area (Å²) in [6.45, 7) is 10.6. The Morgan fingerprint density at radius 2 is 1.81 bits per heavy atom. The van der Waals surface area contributed by atoms with Gasteiger partial charge in [0.2, 0.25) is 0 Å². The number of nitrogens with zero attached hydrogens (tertiary/aromatic N) is 3. The van der Waals surface area contributed by atoms with Crippen LogP contribution in [-0.4, -0.2) is 68.2 Å². The van der Waals surface area contributed by atoms with Crippen LogP contribution in [0, 0.1) is 5.92 Å². The van der Waals surface area contributed by atoms with Crippen molar-refractivity contribution in [2.75, 3.05) is 46.4 Å². The molecule has 0 aliphatic carbocycles. The maximum Gasteiger partial charge on any atom is 0.409 e. The van der Waals surface area contributed by atoms with Crippen molar-refractivity contribution in [1.29, 1.82) is 0 Å². The summed E-state index contributed by atoms with van der Waals surface area (Å²) >= 11 is 0. The second kappa shape index (κ2) is 10.9. The van der Waals surface area contributed by atoms with Gasteiger partial charge in [0, 0.05) is 39.8 Å². The topological polar surface area (TPSA) is 57.2 Å². The second-order valence-corrected chi connectivity index (χ2v) is 5.33. The van der Waals surface area contributed by atoms with Crippen LogP contribution < -0.4 is 5.32 Å². The summed E-state index contributed by atoms with van der Waals surface area (Å²) in [7, 11) is 1.80. The highest BCUT2D eigenvalue weighted by Gasteiger charge is 2.23. The number of ether oxygens (including phenoxy) is 1. The fourth-order valence-electron chi connectivity index (χ4n) is 2.12. The van der Waals surface area contributed by atoms with E-state index in [0.29, 0.717) is 25.6 Å². The van der Waals surface area contributed by atoms with E-state index in [-0.39, 0.29) is 30.1 Å². The zero-order valence-electron chi connectivity index (χ0n) is 13.6. The van der Waals surface area contributed by atoms with Crippen molar-refractivity contribution in [3.05, 3.63) is 0 Å². The quantitative estimate of drug-likeness (QED) is 0.436. The van der Waals surface area contributed by atoms with Crippen LogP contribution in [0.5, 0.6) is 0 Å². The average Bonchev–Trinajstić information content (AvgIpc) is 2.44. The number of rotatable bonds is 4. The molecule has 6 nitrogen and oxygen atoms in total. The van der Waals surface area contributed by atoms with E-state index in [9.17, 15) is 4.79 Å². The van der Waals surface area contributed by atoms with Crippen LogP contribution in [0.3, 0.4) is 0 Å². The van der Waals surface area contributed by atoms with Crippen LogP contribution in [0.25, 0.3) is 0 Å². The number of guanidine groups is 1. The molecule has 0 atom stereocenters. The van der Waals surface area contributed by atoms with Gasteiger partial charge in [-0.25, -0.2) is 4.79 Å². The van der Waals surface area contributed by atoms with E-state index in [4.69, 9.17) is 4.74 Å². The van der Waals surface area contributed by atoms with Gasteiger partial charge in [-0.3, -0.25) is 4.99 Å². The van der Waals surface area contributed by atoms with Gasteiger partial charge >= 0.3 is 6.09 Å². The van der Waals surface area contributed by atoms with Crippen molar-refractivity contribution in [2.24, 2.45) is 10.9 Å². The lowest BCUT2D eigenvalue weighted by Gasteiger charge is -2.35. The smallest absolute Gasteiger partial charge is 0.409 e. The zero-order chi connectivity index (χ0) is 15.0. The van der Waals surface area contributed by atoms with E-state index >= 15 is 0 Å². The SMILES string of the molecule is CCOC(=O)N1CCN(C(=NC)NCCC(C)C)CC1.I. The van der Waals surface area contributed by atoms with Crippen molar-refractivity contribution >= 4 is 36.0 Å². The number of carbonyl (C=O) groups excluding carboxylic acids is 1. The van der Waals surface area contributed by atoms with Gasteiger partial charge in [0.15, 0.2) is 5.96 Å². The average molecular weight is 412 g/mol. The fraction of sp³-hybridized carbons (Fsp3) is 0.857. The Morgan fingerprint density at radius 3 is 2.29 bits per heavy atom. The van der Waals surface area contributed by atoms with E-state index in [1.807, 2.05) is 6.92 Å². The van der Waals surface area contributed by atoms with Gasteiger partial charge in [0.1, 0.15) is 0 Å². The number of hydrogen-bond acceptors (Lipinski definition) is 3. The molecule has 7 heteroatoms. The van der Waals surface area contributed by atoms with Crippen LogP contribution in [0.15, 0.2) is 4.99 Å². The van der Waals surface area contributed by atoms with Crippen LogP contribution >= 0.6 is 24.0 Å². The first kappa shape index (κ1) is 20.3. The first-order chi connectivity index (χ1) is 9.58. The number of nitrogens with one attached hydrogen (secondary N) is 1. The summed E-state index contributed by atoms with van der Waals surface area (Å²) < 4.78 is 5.02. The lowest BCUT2D eigenvalue weighted by atomic mass is 10.1. The molecule has 0 aromatic heterocycles. The van der Waals surface area contributed by atoms with Gasteiger partial charge in [-0.1, -0.05) is 13.8 Å². The molecule has 0 radical (unpaired) electrons. The first-order valence-corrected chi connectivity index (χ1v) is 7.45. The Kier molecular flexibility index (Phi) is 10.5.